The first-order valence-corrected chi connectivity index (χ1v) is 8.82. The average molecular weight is 229 g/mol. The summed E-state index contributed by atoms with van der Waals surface area (Å²) in [6.45, 7) is 13.8. The molecule has 0 radical (unpaired) electrons. The number of allylic oxidation sites excluding steroid dienone is 1. The second-order valence-electron chi connectivity index (χ2n) is 4.75. The maximum absolute atomic E-state index is 5.52. The summed E-state index contributed by atoms with van der Waals surface area (Å²) < 4.78 is 5.52. The first-order valence-electron chi connectivity index (χ1n) is 5.12. The molecule has 15 heavy (non-hydrogen) atoms. The summed E-state index contributed by atoms with van der Waals surface area (Å²) in [6, 6.07) is 1.16. The van der Waals surface area contributed by atoms with Crippen LogP contribution in [0.5, 0.6) is 0 Å². The van der Waals surface area contributed by atoms with Crippen LogP contribution in [-0.4, -0.2) is 32.8 Å². The molecule has 0 aromatic heterocycles. The van der Waals surface area contributed by atoms with Crippen molar-refractivity contribution in [2.45, 2.75) is 32.6 Å². The molecule has 0 unspecified atom stereocenters. The summed E-state index contributed by atoms with van der Waals surface area (Å²) in [5.41, 5.74) is 6.04. The van der Waals surface area contributed by atoms with Crippen molar-refractivity contribution in [1.82, 2.24) is 5.01 Å². The van der Waals surface area contributed by atoms with Crippen LogP contribution in [0.1, 0.15) is 6.92 Å². The standard InChI is InChI=1S/C10H23N3OSi/c1-10(2)13(12-8-11)9-14-6-7-15(3,4)5/h8H,1,6-7,9H2,2-5H3,(H2,11,12). The minimum absolute atomic E-state index is 0.424. The van der Waals surface area contributed by atoms with Gasteiger partial charge in [0.25, 0.3) is 0 Å². The molecule has 0 aliphatic rings. The van der Waals surface area contributed by atoms with Gasteiger partial charge in [-0.2, -0.15) is 5.10 Å². The fraction of sp³-hybridized carbons (Fsp3) is 0.700. The SMILES string of the molecule is C=C(C)N(COCC[Si](C)(C)C)/N=C\N. The van der Waals surface area contributed by atoms with Gasteiger partial charge >= 0.3 is 0 Å². The summed E-state index contributed by atoms with van der Waals surface area (Å²) in [7, 11) is -1.00. The van der Waals surface area contributed by atoms with Crippen LogP contribution < -0.4 is 5.73 Å². The molecule has 0 heterocycles. The number of hydrazone groups is 1. The van der Waals surface area contributed by atoms with E-state index in [-0.39, 0.29) is 0 Å². The van der Waals surface area contributed by atoms with Gasteiger partial charge in [-0.25, -0.2) is 5.01 Å². The maximum Gasteiger partial charge on any atom is 0.139 e. The first kappa shape index (κ1) is 14.2. The zero-order valence-corrected chi connectivity index (χ0v) is 11.3. The predicted molar refractivity (Wildman–Crippen MR) is 68.3 cm³/mol. The second-order valence-corrected chi connectivity index (χ2v) is 10.4. The number of nitrogens with zero attached hydrogens (tertiary/aromatic N) is 2. The molecule has 2 N–H and O–H groups in total. The predicted octanol–water partition coefficient (Wildman–Crippen LogP) is 2.04. The number of nitrogens with two attached hydrogens (primary N) is 1. The van der Waals surface area contributed by atoms with Crippen LogP contribution in [0.4, 0.5) is 0 Å². The smallest absolute Gasteiger partial charge is 0.139 e. The third-order valence-corrected chi connectivity index (χ3v) is 3.56. The molecule has 0 aromatic rings. The molecule has 0 aliphatic heterocycles. The molecule has 0 aromatic carbocycles. The van der Waals surface area contributed by atoms with Crippen molar-refractivity contribution in [2.75, 3.05) is 13.3 Å². The van der Waals surface area contributed by atoms with Crippen LogP contribution in [0.25, 0.3) is 0 Å². The Kier molecular flexibility index (Phi) is 6.27. The van der Waals surface area contributed by atoms with E-state index < -0.39 is 8.07 Å². The van der Waals surface area contributed by atoms with Crippen LogP contribution in [0.3, 0.4) is 0 Å². The zero-order chi connectivity index (χ0) is 11.9. The third-order valence-electron chi connectivity index (χ3n) is 1.86. The number of rotatable bonds is 7. The van der Waals surface area contributed by atoms with Gasteiger partial charge < -0.3 is 10.5 Å². The third kappa shape index (κ3) is 8.20. The van der Waals surface area contributed by atoms with Crippen LogP contribution in [-0.2, 0) is 4.74 Å². The Hall–Kier alpha value is -0.813. The quantitative estimate of drug-likeness (QED) is 0.181. The van der Waals surface area contributed by atoms with E-state index in [1.165, 1.54) is 6.34 Å². The number of ether oxygens (including phenoxy) is 1. The van der Waals surface area contributed by atoms with Crippen molar-refractivity contribution in [3.8, 4) is 0 Å². The van der Waals surface area contributed by atoms with Gasteiger partial charge in [0.05, 0.1) is 0 Å². The first-order chi connectivity index (χ1) is 6.87. The lowest BCUT2D eigenvalue weighted by molar-refractivity contribution is 0.0571. The highest BCUT2D eigenvalue weighted by atomic mass is 28.3. The molecule has 0 atom stereocenters. The van der Waals surface area contributed by atoms with Gasteiger partial charge in [-0.05, 0) is 13.0 Å². The zero-order valence-electron chi connectivity index (χ0n) is 10.3. The van der Waals surface area contributed by atoms with Crippen molar-refractivity contribution in [3.63, 3.8) is 0 Å². The van der Waals surface area contributed by atoms with Crippen LogP contribution in [0, 0.1) is 0 Å². The van der Waals surface area contributed by atoms with Gasteiger partial charge in [-0.15, -0.1) is 0 Å². The Bertz CT molecular complexity index is 223. The summed E-state index contributed by atoms with van der Waals surface area (Å²) >= 11 is 0. The minimum atomic E-state index is -1.00. The lowest BCUT2D eigenvalue weighted by Crippen LogP contribution is -2.25. The van der Waals surface area contributed by atoms with Crippen molar-refractivity contribution >= 4 is 14.4 Å². The molecule has 0 rings (SSSR count). The topological polar surface area (TPSA) is 50.8 Å². The lowest BCUT2D eigenvalue weighted by Gasteiger charge is -2.20. The highest BCUT2D eigenvalue weighted by Gasteiger charge is 2.12. The van der Waals surface area contributed by atoms with E-state index in [1.807, 2.05) is 6.92 Å². The Morgan fingerprint density at radius 2 is 2.13 bits per heavy atom. The van der Waals surface area contributed by atoms with E-state index in [0.717, 1.165) is 18.3 Å². The highest BCUT2D eigenvalue weighted by molar-refractivity contribution is 6.76. The molecule has 0 aliphatic carbocycles. The van der Waals surface area contributed by atoms with Gasteiger partial charge in [0.2, 0.25) is 0 Å². The van der Waals surface area contributed by atoms with Crippen molar-refractivity contribution < 1.29 is 4.74 Å². The van der Waals surface area contributed by atoms with Gasteiger partial charge in [-0.1, -0.05) is 26.2 Å². The molecule has 88 valence electrons. The lowest BCUT2D eigenvalue weighted by atomic mass is 10.6. The van der Waals surface area contributed by atoms with E-state index in [1.54, 1.807) is 5.01 Å². The normalized spacial score (nSPS) is 12.0. The summed E-state index contributed by atoms with van der Waals surface area (Å²) in [5, 5.41) is 5.57. The summed E-state index contributed by atoms with van der Waals surface area (Å²) in [6.07, 6.45) is 1.25. The fourth-order valence-electron chi connectivity index (χ4n) is 0.852. The molecule has 4 nitrogen and oxygen atoms in total. The molecule has 0 amide bonds. The molecular formula is C10H23N3OSi. The van der Waals surface area contributed by atoms with E-state index in [4.69, 9.17) is 10.5 Å². The average Bonchev–Trinajstić information content (AvgIpc) is 2.08. The summed E-state index contributed by atoms with van der Waals surface area (Å²) in [5.74, 6) is 0. The fourth-order valence-corrected chi connectivity index (χ4v) is 1.61. The van der Waals surface area contributed by atoms with Gasteiger partial charge in [-0.3, -0.25) is 0 Å². The Morgan fingerprint density at radius 3 is 2.53 bits per heavy atom. The van der Waals surface area contributed by atoms with Gasteiger partial charge in [0.1, 0.15) is 13.1 Å². The number of hydrogen-bond acceptors (Lipinski definition) is 3. The Morgan fingerprint density at radius 1 is 1.53 bits per heavy atom. The van der Waals surface area contributed by atoms with Crippen molar-refractivity contribution in [3.05, 3.63) is 12.3 Å². The Labute approximate surface area is 93.8 Å². The van der Waals surface area contributed by atoms with E-state index in [9.17, 15) is 0 Å². The molecule has 0 saturated carbocycles. The molecule has 5 heteroatoms. The van der Waals surface area contributed by atoms with Crippen LogP contribution >= 0.6 is 0 Å². The molecule has 0 bridgehead atoms. The van der Waals surface area contributed by atoms with E-state index >= 15 is 0 Å². The van der Waals surface area contributed by atoms with Gasteiger partial charge in [0, 0.05) is 20.4 Å². The van der Waals surface area contributed by atoms with Crippen LogP contribution in [0.2, 0.25) is 25.7 Å². The molecule has 0 fully saturated rings. The Balaban J connectivity index is 3.77. The largest absolute Gasteiger partial charge is 0.388 e. The second kappa shape index (κ2) is 6.63. The van der Waals surface area contributed by atoms with E-state index in [0.29, 0.717) is 6.73 Å². The highest BCUT2D eigenvalue weighted by Crippen LogP contribution is 2.08. The van der Waals surface area contributed by atoms with Crippen molar-refractivity contribution in [1.29, 1.82) is 0 Å². The summed E-state index contributed by atoms with van der Waals surface area (Å²) in [4.78, 5) is 0. The van der Waals surface area contributed by atoms with Crippen molar-refractivity contribution in [2.24, 2.45) is 10.8 Å². The monoisotopic (exact) mass is 229 g/mol. The molecular weight excluding hydrogens is 206 g/mol. The van der Waals surface area contributed by atoms with E-state index in [2.05, 4.69) is 31.3 Å². The van der Waals surface area contributed by atoms with Gasteiger partial charge in [0.15, 0.2) is 0 Å². The minimum Gasteiger partial charge on any atom is -0.388 e. The molecule has 0 spiro atoms. The number of hydrogen-bond donors (Lipinski definition) is 1. The van der Waals surface area contributed by atoms with Crippen LogP contribution in [0.15, 0.2) is 17.4 Å². The molecule has 0 saturated heterocycles. The maximum atomic E-state index is 5.52.